The van der Waals surface area contributed by atoms with Crippen molar-refractivity contribution in [1.29, 1.82) is 0 Å². The van der Waals surface area contributed by atoms with Crippen LogP contribution in [0.1, 0.15) is 40.1 Å². The third-order valence-electron chi connectivity index (χ3n) is 9.40. The highest BCUT2D eigenvalue weighted by Crippen LogP contribution is 2.46. The predicted molar refractivity (Wildman–Crippen MR) is 215 cm³/mol. The molecule has 0 aliphatic carbocycles. The Hall–Kier alpha value is -6.20. The van der Waals surface area contributed by atoms with E-state index in [1.807, 2.05) is 0 Å². The highest BCUT2D eigenvalue weighted by Gasteiger charge is 2.31. The normalized spacial score (nSPS) is 11.6. The molecule has 14 nitrogen and oxygen atoms in total. The number of aromatic carboxylic acids is 2. The number of carboxylic acids is 2. The van der Waals surface area contributed by atoms with Crippen LogP contribution in [0.25, 0.3) is 65.0 Å². The number of imidazole rings is 2. The molecular weight excluding hydrogens is 803 g/mol. The average molecular weight is 830 g/mol. The molecule has 0 bridgehead atoms. The molecule has 6 N–H and O–H groups in total. The van der Waals surface area contributed by atoms with Crippen LogP contribution in [0.5, 0.6) is 11.5 Å². The lowest BCUT2D eigenvalue weighted by Gasteiger charge is -2.15. The lowest BCUT2D eigenvalue weighted by Crippen LogP contribution is -2.13. The van der Waals surface area contributed by atoms with E-state index in [4.69, 9.17) is 54.1 Å². The highest BCUT2D eigenvalue weighted by atomic mass is 35.5. The van der Waals surface area contributed by atoms with Crippen molar-refractivity contribution in [3.63, 3.8) is 0 Å². The van der Waals surface area contributed by atoms with E-state index in [-0.39, 0.29) is 79.3 Å². The Bertz CT molecular complexity index is 2820. The highest BCUT2D eigenvalue weighted by molar-refractivity contribution is 7.22. The Morgan fingerprint density at radius 1 is 0.661 bits per heavy atom. The van der Waals surface area contributed by atoms with Crippen LogP contribution in [0.15, 0.2) is 60.7 Å². The first-order valence-corrected chi connectivity index (χ1v) is 18.9. The van der Waals surface area contributed by atoms with Crippen molar-refractivity contribution >= 4 is 112 Å². The smallest absolute Gasteiger partial charge is 0.346 e. The summed E-state index contributed by atoms with van der Waals surface area (Å²) in [5.74, 6) is -3.36. The topological polar surface area (TPSA) is 215 Å². The van der Waals surface area contributed by atoms with Gasteiger partial charge in [-0.25, -0.2) is 19.6 Å². The monoisotopic (exact) mass is 828 g/mol. The number of thiophene rings is 2. The SMILES string of the molecule is COc1c(C(N)=O)ccc2c1nc(-c1c(C(=O)O)sc3cccc(Cl)c13)n2CCn1c(-c2c(C(=O)O)sc3cccc(Cl)c23)nc2c(OC)c(C(N)=O)ccc21. The number of rotatable bonds is 11. The van der Waals surface area contributed by atoms with Crippen molar-refractivity contribution < 1.29 is 38.9 Å². The molecule has 8 rings (SSSR count). The number of methoxy groups -OCH3 is 2. The minimum absolute atomic E-state index is 0.0262. The summed E-state index contributed by atoms with van der Waals surface area (Å²) in [6, 6.07) is 16.5. The average Bonchev–Trinajstić information content (AvgIpc) is 3.93. The quantitative estimate of drug-likeness (QED) is 0.0994. The number of nitrogens with zero attached hydrogens (tertiary/aromatic N) is 4. The van der Waals surface area contributed by atoms with Crippen molar-refractivity contribution in [3.05, 3.63) is 91.6 Å². The second-order valence-corrected chi connectivity index (χ2v) is 15.3. The van der Waals surface area contributed by atoms with E-state index in [1.54, 1.807) is 57.7 Å². The number of halogens is 2. The molecular formula is C38H26Cl2N6O8S2. The summed E-state index contributed by atoms with van der Waals surface area (Å²) in [5.41, 5.74) is 13.4. The van der Waals surface area contributed by atoms with Crippen molar-refractivity contribution in [3.8, 4) is 34.3 Å². The van der Waals surface area contributed by atoms with Crippen molar-refractivity contribution in [2.45, 2.75) is 13.1 Å². The number of aromatic nitrogens is 4. The number of hydrogen-bond donors (Lipinski definition) is 4. The Morgan fingerprint density at radius 3 is 1.39 bits per heavy atom. The van der Waals surface area contributed by atoms with Gasteiger partial charge in [-0.15, -0.1) is 22.7 Å². The predicted octanol–water partition coefficient (Wildman–Crippen LogP) is 7.77. The number of ether oxygens (including phenoxy) is 2. The fourth-order valence-electron chi connectivity index (χ4n) is 7.11. The van der Waals surface area contributed by atoms with Crippen LogP contribution in [0, 0.1) is 0 Å². The van der Waals surface area contributed by atoms with Gasteiger partial charge in [-0.2, -0.15) is 0 Å². The van der Waals surface area contributed by atoms with Crippen molar-refractivity contribution in [1.82, 2.24) is 19.1 Å². The fourth-order valence-corrected chi connectivity index (χ4v) is 9.89. The van der Waals surface area contributed by atoms with Gasteiger partial charge in [-0.05, 0) is 48.5 Å². The summed E-state index contributed by atoms with van der Waals surface area (Å²) in [4.78, 5) is 60.4. The molecule has 56 heavy (non-hydrogen) atoms. The molecule has 282 valence electrons. The molecule has 0 aliphatic rings. The number of primary amides is 2. The summed E-state index contributed by atoms with van der Waals surface area (Å²) < 4.78 is 16.1. The number of nitrogens with two attached hydrogens (primary N) is 2. The molecule has 0 saturated heterocycles. The van der Waals surface area contributed by atoms with Gasteiger partial charge >= 0.3 is 11.9 Å². The first kappa shape index (κ1) is 36.8. The number of amides is 2. The molecule has 4 aromatic carbocycles. The first-order valence-electron chi connectivity index (χ1n) is 16.5. The Balaban J connectivity index is 1.44. The van der Waals surface area contributed by atoms with E-state index in [2.05, 4.69) is 0 Å². The van der Waals surface area contributed by atoms with Gasteiger partial charge in [0.15, 0.2) is 11.5 Å². The van der Waals surface area contributed by atoms with Gasteiger partial charge in [0.2, 0.25) is 0 Å². The van der Waals surface area contributed by atoms with E-state index >= 15 is 0 Å². The van der Waals surface area contributed by atoms with E-state index < -0.39 is 23.8 Å². The molecule has 0 aliphatic heterocycles. The minimum Gasteiger partial charge on any atom is -0.494 e. The minimum atomic E-state index is -1.21. The number of hydrogen-bond acceptors (Lipinski definition) is 10. The maximum atomic E-state index is 12.8. The van der Waals surface area contributed by atoms with Crippen LogP contribution in [0.4, 0.5) is 0 Å². The molecule has 8 aromatic rings. The van der Waals surface area contributed by atoms with Gasteiger partial charge in [0.1, 0.15) is 32.4 Å². The summed E-state index contributed by atoms with van der Waals surface area (Å²) >= 11 is 15.6. The Labute approximate surface area is 333 Å². The third-order valence-corrected chi connectivity index (χ3v) is 12.3. The Kier molecular flexibility index (Phi) is 9.08. The number of fused-ring (bicyclic) bond motifs is 4. The standard InChI is InChI=1S/C38H26Cl2N6O8S2/c1-53-29-15(33(41)47)9-11-19-27(29)43-35(25-23-17(39)5-3-7-21(23)55-31(25)37(49)50)45(19)13-14-46-20-12-10-16(34(42)48)30(54-2)28(20)44-36(46)26-24-18(40)6-4-8-22(24)56-32(26)38(51)52/h3-12H,13-14H2,1-2H3,(H2,41,47)(H2,42,48)(H,49,50)(H,51,52). The number of carboxylic acid groups (broad SMARTS) is 2. The van der Waals surface area contributed by atoms with Crippen LogP contribution in [0.2, 0.25) is 10.0 Å². The fraction of sp³-hybridized carbons (Fsp3) is 0.105. The summed E-state index contributed by atoms with van der Waals surface area (Å²) in [6.45, 7) is 0.116. The van der Waals surface area contributed by atoms with Crippen molar-refractivity contribution in [2.75, 3.05) is 14.2 Å². The zero-order valence-electron chi connectivity index (χ0n) is 29.0. The third kappa shape index (κ3) is 5.59. The van der Waals surface area contributed by atoms with Gasteiger partial charge < -0.3 is 40.3 Å². The largest absolute Gasteiger partial charge is 0.494 e. The molecule has 0 radical (unpaired) electrons. The summed E-state index contributed by atoms with van der Waals surface area (Å²) in [7, 11) is 2.74. The molecule has 2 amide bonds. The molecule has 0 atom stereocenters. The number of carbonyl (C=O) groups is 4. The second-order valence-electron chi connectivity index (χ2n) is 12.4. The van der Waals surface area contributed by atoms with Crippen LogP contribution >= 0.6 is 45.9 Å². The second kappa shape index (κ2) is 13.8. The Morgan fingerprint density at radius 2 is 1.05 bits per heavy atom. The number of carbonyl (C=O) groups excluding carboxylic acids is 2. The molecule has 0 fully saturated rings. The summed E-state index contributed by atoms with van der Waals surface area (Å²) in [5, 5.41) is 22.4. The van der Waals surface area contributed by atoms with E-state index in [0.29, 0.717) is 41.3 Å². The molecule has 0 unspecified atom stereocenters. The molecule has 4 heterocycles. The molecule has 4 aromatic heterocycles. The summed E-state index contributed by atoms with van der Waals surface area (Å²) in [6.07, 6.45) is 0. The van der Waals surface area contributed by atoms with Crippen LogP contribution in [-0.4, -0.2) is 67.3 Å². The number of benzene rings is 4. The molecule has 18 heteroatoms. The zero-order chi connectivity index (χ0) is 39.7. The van der Waals surface area contributed by atoms with E-state index in [1.165, 1.54) is 26.4 Å². The maximum Gasteiger partial charge on any atom is 0.346 e. The van der Waals surface area contributed by atoms with Gasteiger partial charge in [-0.3, -0.25) is 9.59 Å². The van der Waals surface area contributed by atoms with Crippen LogP contribution < -0.4 is 20.9 Å². The van der Waals surface area contributed by atoms with Gasteiger partial charge in [0.25, 0.3) is 11.8 Å². The van der Waals surface area contributed by atoms with Crippen molar-refractivity contribution in [2.24, 2.45) is 11.5 Å². The molecule has 0 spiro atoms. The van der Waals surface area contributed by atoms with Gasteiger partial charge in [0.05, 0.1) is 57.6 Å². The van der Waals surface area contributed by atoms with Gasteiger partial charge in [0, 0.05) is 33.3 Å². The molecule has 0 saturated carbocycles. The van der Waals surface area contributed by atoms with Gasteiger partial charge in [-0.1, -0.05) is 35.3 Å². The lowest BCUT2D eigenvalue weighted by atomic mass is 10.1. The first-order chi connectivity index (χ1) is 26.9. The maximum absolute atomic E-state index is 12.8. The zero-order valence-corrected chi connectivity index (χ0v) is 32.2. The van der Waals surface area contributed by atoms with Crippen LogP contribution in [-0.2, 0) is 13.1 Å². The van der Waals surface area contributed by atoms with Crippen LogP contribution in [0.3, 0.4) is 0 Å². The van der Waals surface area contributed by atoms with E-state index in [9.17, 15) is 29.4 Å². The van der Waals surface area contributed by atoms with E-state index in [0.717, 1.165) is 22.7 Å². The number of aryl methyl sites for hydroxylation is 2. The lowest BCUT2D eigenvalue weighted by molar-refractivity contribution is 0.0692.